The largest absolute Gasteiger partial charge is 0.373 e. The molecule has 0 aromatic carbocycles. The highest BCUT2D eigenvalue weighted by atomic mass is 15.2. The molecule has 0 aliphatic carbocycles. The molecule has 0 bridgehead atoms. The minimum Gasteiger partial charge on any atom is -0.373 e. The molecule has 1 aromatic heterocycles. The first-order valence-electron chi connectivity index (χ1n) is 3.56. The summed E-state index contributed by atoms with van der Waals surface area (Å²) in [5.41, 5.74) is 0. The van der Waals surface area contributed by atoms with Gasteiger partial charge in [0.2, 0.25) is 0 Å². The van der Waals surface area contributed by atoms with Gasteiger partial charge in [-0.25, -0.2) is 0 Å². The molecule has 0 spiro atoms. The van der Waals surface area contributed by atoms with Crippen LogP contribution in [0.3, 0.4) is 0 Å². The first kappa shape index (κ1) is 8.29. The lowest BCUT2D eigenvalue weighted by Crippen LogP contribution is -1.94. The summed E-state index contributed by atoms with van der Waals surface area (Å²) in [4.78, 5) is 10.4. The maximum atomic E-state index is 6.87. The zero-order valence-electron chi connectivity index (χ0n) is 7.00. The van der Waals surface area contributed by atoms with Gasteiger partial charge in [-0.2, -0.15) is 0 Å². The van der Waals surface area contributed by atoms with Gasteiger partial charge in [-0.15, -0.1) is 0 Å². The van der Waals surface area contributed by atoms with E-state index >= 15 is 0 Å². The van der Waals surface area contributed by atoms with E-state index in [2.05, 4.69) is 14.7 Å². The van der Waals surface area contributed by atoms with Crippen molar-refractivity contribution in [3.05, 3.63) is 28.7 Å². The van der Waals surface area contributed by atoms with E-state index < -0.39 is 0 Å². The highest BCUT2D eigenvalue weighted by molar-refractivity contribution is 5.63. The Kier molecular flexibility index (Phi) is 2.11. The smallest absolute Gasteiger partial charge is 0.293 e. The van der Waals surface area contributed by atoms with E-state index in [0.717, 1.165) is 5.82 Å². The van der Waals surface area contributed by atoms with Crippen molar-refractivity contribution in [3.63, 3.8) is 0 Å². The van der Waals surface area contributed by atoms with Gasteiger partial charge in [0, 0.05) is 6.92 Å². The van der Waals surface area contributed by atoms with Gasteiger partial charge in [0.1, 0.15) is 0 Å². The summed E-state index contributed by atoms with van der Waals surface area (Å²) < 4.78 is 1.74. The van der Waals surface area contributed by atoms with Crippen molar-refractivity contribution in [1.82, 2.24) is 9.55 Å². The predicted octanol–water partition coefficient (Wildman–Crippen LogP) is 2.31. The van der Waals surface area contributed by atoms with Gasteiger partial charge in [0.25, 0.3) is 17.5 Å². The monoisotopic (exact) mass is 160 g/mol. The molecule has 1 heterocycles. The molecule has 12 heavy (non-hydrogen) atoms. The van der Waals surface area contributed by atoms with Gasteiger partial charge in [-0.05, 0) is 6.92 Å². The summed E-state index contributed by atoms with van der Waals surface area (Å²) >= 11 is 0. The van der Waals surface area contributed by atoms with Crippen molar-refractivity contribution >= 4 is 11.6 Å². The molecule has 4 heteroatoms. The lowest BCUT2D eigenvalue weighted by Gasteiger charge is -1.95. The predicted molar refractivity (Wildman–Crippen MR) is 45.2 cm³/mol. The molecule has 0 aliphatic rings. The molecular weight excluding hydrogens is 152 g/mol. The molecule has 0 radical (unpaired) electrons. The molecule has 0 saturated heterocycles. The number of aryl methyl sites for hydroxylation is 1. The van der Waals surface area contributed by atoms with Crippen LogP contribution in [0.1, 0.15) is 12.7 Å². The van der Waals surface area contributed by atoms with Gasteiger partial charge in [0.05, 0.1) is 6.54 Å². The molecule has 0 fully saturated rings. The summed E-state index contributed by atoms with van der Waals surface area (Å²) in [6.45, 7) is 18.1. The van der Waals surface area contributed by atoms with Gasteiger partial charge >= 0.3 is 0 Å². The van der Waals surface area contributed by atoms with Gasteiger partial charge in [-0.1, -0.05) is 18.1 Å². The molecular formula is C8H8N4. The van der Waals surface area contributed by atoms with Crippen LogP contribution in [0.2, 0.25) is 0 Å². The molecule has 60 valence electrons. The van der Waals surface area contributed by atoms with Crippen LogP contribution in [0.25, 0.3) is 9.69 Å². The van der Waals surface area contributed by atoms with E-state index in [4.69, 9.17) is 13.1 Å². The number of hydrogen-bond acceptors (Lipinski definition) is 1. The number of hydrogen-bond donors (Lipinski definition) is 0. The number of rotatable bonds is 1. The third kappa shape index (κ3) is 1.04. The van der Waals surface area contributed by atoms with E-state index in [1.54, 1.807) is 11.5 Å². The van der Waals surface area contributed by atoms with Gasteiger partial charge < -0.3 is 9.69 Å². The van der Waals surface area contributed by atoms with Crippen molar-refractivity contribution in [2.24, 2.45) is 0 Å². The van der Waals surface area contributed by atoms with E-state index in [9.17, 15) is 0 Å². The number of aromatic nitrogens is 2. The molecule has 1 aromatic rings. The van der Waals surface area contributed by atoms with Crippen molar-refractivity contribution in [3.8, 4) is 0 Å². The first-order valence-corrected chi connectivity index (χ1v) is 3.56. The topological polar surface area (TPSA) is 26.5 Å². The van der Waals surface area contributed by atoms with Crippen LogP contribution in [0.15, 0.2) is 0 Å². The Morgan fingerprint density at radius 2 is 2.08 bits per heavy atom. The van der Waals surface area contributed by atoms with Crippen molar-refractivity contribution in [2.45, 2.75) is 20.4 Å². The average molecular weight is 160 g/mol. The lowest BCUT2D eigenvalue weighted by molar-refractivity contribution is 0.742. The molecule has 0 saturated carbocycles. The van der Waals surface area contributed by atoms with Crippen LogP contribution in [0.5, 0.6) is 0 Å². The van der Waals surface area contributed by atoms with Gasteiger partial charge in [0.15, 0.2) is 0 Å². The second kappa shape index (κ2) is 3.06. The molecule has 0 aliphatic heterocycles. The average Bonchev–Trinajstić information content (AvgIpc) is 2.40. The quantitative estimate of drug-likeness (QED) is 0.579. The van der Waals surface area contributed by atoms with Crippen molar-refractivity contribution in [1.29, 1.82) is 0 Å². The maximum absolute atomic E-state index is 6.87. The highest BCUT2D eigenvalue weighted by Gasteiger charge is 2.15. The van der Waals surface area contributed by atoms with Crippen LogP contribution < -0.4 is 0 Å². The minimum atomic E-state index is 0.212. The molecule has 0 atom stereocenters. The lowest BCUT2D eigenvalue weighted by atomic mass is 10.6. The zero-order chi connectivity index (χ0) is 9.14. The molecule has 0 N–H and O–H groups in total. The molecule has 0 unspecified atom stereocenters. The van der Waals surface area contributed by atoms with Crippen molar-refractivity contribution in [2.75, 3.05) is 0 Å². The summed E-state index contributed by atoms with van der Waals surface area (Å²) in [5, 5.41) is 0. The Morgan fingerprint density at radius 3 is 2.50 bits per heavy atom. The summed E-state index contributed by atoms with van der Waals surface area (Å²) in [7, 11) is 0. The van der Waals surface area contributed by atoms with Gasteiger partial charge in [-0.3, -0.25) is 4.57 Å². The fraction of sp³-hybridized carbons (Fsp3) is 0.375. The first-order chi connectivity index (χ1) is 5.74. The number of nitrogens with zero attached hydrogens (tertiary/aromatic N) is 4. The standard InChI is InChI=1S/C8H8N4/c1-5-12-6(2)11-7(9-3)8(12)10-4/h5H2,1-2H3. The normalized spacial score (nSPS) is 9.00. The van der Waals surface area contributed by atoms with Crippen LogP contribution in [-0.4, -0.2) is 9.55 Å². The Balaban J connectivity index is 3.41. The minimum absolute atomic E-state index is 0.212. The molecule has 0 amide bonds. The van der Waals surface area contributed by atoms with E-state index in [0.29, 0.717) is 12.4 Å². The Labute approximate surface area is 71.1 Å². The van der Waals surface area contributed by atoms with Crippen LogP contribution in [-0.2, 0) is 6.54 Å². The van der Waals surface area contributed by atoms with Crippen LogP contribution >= 0.6 is 0 Å². The van der Waals surface area contributed by atoms with Crippen LogP contribution in [0.4, 0.5) is 11.6 Å². The Bertz CT molecular complexity index is 375. The van der Waals surface area contributed by atoms with E-state index in [1.807, 2.05) is 6.92 Å². The second-order valence-electron chi connectivity index (χ2n) is 2.27. The van der Waals surface area contributed by atoms with E-state index in [-0.39, 0.29) is 5.82 Å². The maximum Gasteiger partial charge on any atom is 0.293 e. The van der Waals surface area contributed by atoms with Crippen molar-refractivity contribution < 1.29 is 0 Å². The molecule has 1 rings (SSSR count). The zero-order valence-corrected chi connectivity index (χ0v) is 7.00. The summed E-state index contributed by atoms with van der Waals surface area (Å²) in [6.07, 6.45) is 0. The Hall–Kier alpha value is -1.81. The second-order valence-corrected chi connectivity index (χ2v) is 2.27. The molecule has 4 nitrogen and oxygen atoms in total. The third-order valence-electron chi connectivity index (χ3n) is 1.64. The number of imidazole rings is 1. The summed E-state index contributed by atoms with van der Waals surface area (Å²) in [5.74, 6) is 1.30. The highest BCUT2D eigenvalue weighted by Crippen LogP contribution is 2.28. The van der Waals surface area contributed by atoms with Crippen LogP contribution in [0, 0.1) is 20.1 Å². The third-order valence-corrected chi connectivity index (χ3v) is 1.64. The fourth-order valence-corrected chi connectivity index (χ4v) is 1.10. The Morgan fingerprint density at radius 1 is 1.42 bits per heavy atom. The SMILES string of the molecule is [C-]#[N+]c1nc(C)n(CC)c1[N+]#[C-]. The fourth-order valence-electron chi connectivity index (χ4n) is 1.10. The van der Waals surface area contributed by atoms with E-state index in [1.165, 1.54) is 0 Å². The summed E-state index contributed by atoms with van der Waals surface area (Å²) in [6, 6.07) is 0.